The minimum Gasteiger partial charge on any atom is -0.309 e. The van der Waals surface area contributed by atoms with E-state index < -0.39 is 8.07 Å². The van der Waals surface area contributed by atoms with E-state index in [4.69, 9.17) is 0 Å². The van der Waals surface area contributed by atoms with Gasteiger partial charge in [-0.15, -0.1) is 0 Å². The van der Waals surface area contributed by atoms with Gasteiger partial charge in [-0.3, -0.25) is 0 Å². The minimum atomic E-state index is -2.74. The molecule has 0 N–H and O–H groups in total. The zero-order valence-electron chi connectivity index (χ0n) is 35.0. The topological polar surface area (TPSA) is 14.8 Å². The molecule has 3 aromatic heterocycles. The van der Waals surface area contributed by atoms with Crippen LogP contribution in [-0.2, 0) is 0 Å². The molecule has 3 heterocycles. The molecule has 0 bridgehead atoms. The summed E-state index contributed by atoms with van der Waals surface area (Å²) in [6.07, 6.45) is 0. The molecule has 3 nitrogen and oxygen atoms in total. The van der Waals surface area contributed by atoms with Crippen molar-refractivity contribution in [3.8, 4) is 17.1 Å². The summed E-state index contributed by atoms with van der Waals surface area (Å²) >= 11 is 0. The molecule has 0 fully saturated rings. The molecule has 0 atom stereocenters. The van der Waals surface area contributed by atoms with Crippen molar-refractivity contribution < 1.29 is 0 Å². The Hall–Kier alpha value is -8.18. The highest BCUT2D eigenvalue weighted by atomic mass is 28.3. The predicted octanol–water partition coefficient (Wildman–Crippen LogP) is 12.4. The Morgan fingerprint density at radius 2 is 0.562 bits per heavy atom. The molecule has 10 aromatic carbocycles. The third-order valence-electron chi connectivity index (χ3n) is 13.6. The summed E-state index contributed by atoms with van der Waals surface area (Å²) in [6.45, 7) is 0. The predicted molar refractivity (Wildman–Crippen MR) is 273 cm³/mol. The molecular weight excluding hydrogens is 791 g/mol. The van der Waals surface area contributed by atoms with Gasteiger partial charge in [0.1, 0.15) is 0 Å². The van der Waals surface area contributed by atoms with Crippen molar-refractivity contribution in [1.82, 2.24) is 13.7 Å². The maximum absolute atomic E-state index is 2.74. The highest BCUT2D eigenvalue weighted by Crippen LogP contribution is 2.39. The Bertz CT molecular complexity index is 3730. The van der Waals surface area contributed by atoms with E-state index in [0.717, 1.165) is 17.1 Å². The first-order chi connectivity index (χ1) is 31.8. The lowest BCUT2D eigenvalue weighted by molar-refractivity contribution is 1.15. The van der Waals surface area contributed by atoms with Crippen molar-refractivity contribution in [3.05, 3.63) is 249 Å². The first kappa shape index (κ1) is 36.5. The van der Waals surface area contributed by atoms with E-state index >= 15 is 0 Å². The molecule has 4 heteroatoms. The average molecular weight is 832 g/mol. The van der Waals surface area contributed by atoms with Crippen LogP contribution in [0.15, 0.2) is 249 Å². The fourth-order valence-corrected chi connectivity index (χ4v) is 15.7. The maximum atomic E-state index is 2.52. The first-order valence-corrected chi connectivity index (χ1v) is 24.1. The molecule has 0 saturated carbocycles. The average Bonchev–Trinajstić information content (AvgIpc) is 4.00. The number of fused-ring (bicyclic) bond motifs is 9. The van der Waals surface area contributed by atoms with E-state index in [1.54, 1.807) is 0 Å². The SMILES string of the molecule is c1ccc(-n2c3ccc(-n4c5ccccc5c5ccccc54)cc3c3ccc(-n4c5ccccc5c5cc([Si](c6ccccc6)(c6ccccc6)c6ccccc6)ccc54)cc32)cc1. The van der Waals surface area contributed by atoms with Crippen LogP contribution in [0.1, 0.15) is 0 Å². The van der Waals surface area contributed by atoms with E-state index in [2.05, 4.69) is 262 Å². The molecule has 0 spiro atoms. The quantitative estimate of drug-likeness (QED) is 0.112. The minimum absolute atomic E-state index is 1.13. The second-order valence-electron chi connectivity index (χ2n) is 16.9. The van der Waals surface area contributed by atoms with Gasteiger partial charge in [0, 0.05) is 49.4 Å². The van der Waals surface area contributed by atoms with E-state index in [9.17, 15) is 0 Å². The van der Waals surface area contributed by atoms with Crippen molar-refractivity contribution in [1.29, 1.82) is 0 Å². The monoisotopic (exact) mass is 831 g/mol. The molecule has 0 aliphatic rings. The lowest BCUT2D eigenvalue weighted by Gasteiger charge is -2.34. The highest BCUT2D eigenvalue weighted by Gasteiger charge is 2.41. The Labute approximate surface area is 372 Å². The number of aromatic nitrogens is 3. The molecule has 0 amide bonds. The van der Waals surface area contributed by atoms with E-state index in [0.29, 0.717) is 0 Å². The second-order valence-corrected chi connectivity index (χ2v) is 20.7. The normalized spacial score (nSPS) is 12.1. The summed E-state index contributed by atoms with van der Waals surface area (Å²) in [6, 6.07) is 92.2. The number of hydrogen-bond acceptors (Lipinski definition) is 0. The van der Waals surface area contributed by atoms with Gasteiger partial charge in [-0.25, -0.2) is 0 Å². The summed E-state index contributed by atoms with van der Waals surface area (Å²) in [7, 11) is -2.74. The molecule has 0 unspecified atom stereocenters. The smallest absolute Gasteiger partial charge is 0.179 e. The van der Waals surface area contributed by atoms with Crippen molar-refractivity contribution in [2.45, 2.75) is 0 Å². The van der Waals surface area contributed by atoms with Crippen LogP contribution in [0.3, 0.4) is 0 Å². The number of rotatable bonds is 7. The number of benzene rings is 10. The van der Waals surface area contributed by atoms with Gasteiger partial charge >= 0.3 is 0 Å². The highest BCUT2D eigenvalue weighted by molar-refractivity contribution is 7.20. The van der Waals surface area contributed by atoms with E-state index in [1.165, 1.54) is 86.2 Å². The van der Waals surface area contributed by atoms with Crippen LogP contribution in [0.5, 0.6) is 0 Å². The van der Waals surface area contributed by atoms with Crippen LogP contribution < -0.4 is 20.7 Å². The third-order valence-corrected chi connectivity index (χ3v) is 18.3. The summed E-state index contributed by atoms with van der Waals surface area (Å²) in [5.74, 6) is 0. The zero-order valence-corrected chi connectivity index (χ0v) is 36.0. The van der Waals surface area contributed by atoms with E-state index in [-0.39, 0.29) is 0 Å². The van der Waals surface area contributed by atoms with Gasteiger partial charge in [0.05, 0.1) is 33.1 Å². The number of para-hydroxylation sites is 4. The molecular formula is C60H41N3Si. The lowest BCUT2D eigenvalue weighted by atomic mass is 10.1. The molecule has 0 aliphatic heterocycles. The molecule has 13 rings (SSSR count). The summed E-state index contributed by atoms with van der Waals surface area (Å²) in [5.41, 5.74) is 10.6. The largest absolute Gasteiger partial charge is 0.309 e. The molecule has 13 aromatic rings. The Kier molecular flexibility index (Phi) is 8.23. The van der Waals surface area contributed by atoms with Crippen LogP contribution in [0, 0.1) is 0 Å². The van der Waals surface area contributed by atoms with Crippen molar-refractivity contribution in [2.24, 2.45) is 0 Å². The van der Waals surface area contributed by atoms with Gasteiger partial charge in [0.15, 0.2) is 8.07 Å². The maximum Gasteiger partial charge on any atom is 0.179 e. The Balaban J connectivity index is 1.05. The summed E-state index contributed by atoms with van der Waals surface area (Å²) in [4.78, 5) is 0. The Morgan fingerprint density at radius 1 is 0.203 bits per heavy atom. The summed E-state index contributed by atoms with van der Waals surface area (Å²) < 4.78 is 7.33. The molecule has 300 valence electrons. The lowest BCUT2D eigenvalue weighted by Crippen LogP contribution is -2.74. The van der Waals surface area contributed by atoms with Crippen molar-refractivity contribution in [2.75, 3.05) is 0 Å². The van der Waals surface area contributed by atoms with Gasteiger partial charge in [0.25, 0.3) is 0 Å². The van der Waals surface area contributed by atoms with Crippen LogP contribution in [0.4, 0.5) is 0 Å². The third kappa shape index (κ3) is 5.33. The first-order valence-electron chi connectivity index (χ1n) is 22.1. The molecule has 64 heavy (non-hydrogen) atoms. The van der Waals surface area contributed by atoms with Gasteiger partial charge in [-0.1, -0.05) is 182 Å². The van der Waals surface area contributed by atoms with Gasteiger partial charge in [-0.05, 0) is 87.5 Å². The second kappa shape index (κ2) is 14.5. The fraction of sp³-hybridized carbons (Fsp3) is 0. The van der Waals surface area contributed by atoms with Gasteiger partial charge < -0.3 is 13.7 Å². The van der Waals surface area contributed by atoms with E-state index in [1.807, 2.05) is 0 Å². The van der Waals surface area contributed by atoms with Crippen LogP contribution in [0.2, 0.25) is 0 Å². The summed E-state index contributed by atoms with van der Waals surface area (Å²) in [5, 5.41) is 13.0. The van der Waals surface area contributed by atoms with Crippen LogP contribution >= 0.6 is 0 Å². The fourth-order valence-electron chi connectivity index (χ4n) is 10.9. The van der Waals surface area contributed by atoms with Crippen LogP contribution in [0.25, 0.3) is 82.5 Å². The molecule has 0 saturated heterocycles. The molecule has 0 aliphatic carbocycles. The van der Waals surface area contributed by atoms with Gasteiger partial charge in [0.2, 0.25) is 0 Å². The zero-order chi connectivity index (χ0) is 42.2. The molecule has 0 radical (unpaired) electrons. The number of nitrogens with zero attached hydrogens (tertiary/aromatic N) is 3. The number of hydrogen-bond donors (Lipinski definition) is 0. The standard InChI is InChI=1S/C60H41N3Si/c1-5-19-42(20-6-1)61-58-37-34-43(62-55-30-16-13-27-49(55)50-28-14-17-31-56(50)62)39-53(58)52-36-33-44(40-60(52)61)63-57-32-18-15-29-51(57)54-41-48(35-38-59(54)63)64(45-21-7-2-8-22-45,46-23-9-3-10-24-46)47-25-11-4-12-26-47/h1-41H. The van der Waals surface area contributed by atoms with Crippen molar-refractivity contribution >= 4 is 94.2 Å². The van der Waals surface area contributed by atoms with Crippen molar-refractivity contribution in [3.63, 3.8) is 0 Å². The van der Waals surface area contributed by atoms with Crippen LogP contribution in [-0.4, -0.2) is 21.8 Å². The van der Waals surface area contributed by atoms with Gasteiger partial charge in [-0.2, -0.15) is 0 Å². The Morgan fingerprint density at radius 3 is 1.09 bits per heavy atom.